The summed E-state index contributed by atoms with van der Waals surface area (Å²) < 4.78 is 0. The molecule has 1 aromatic heterocycles. The summed E-state index contributed by atoms with van der Waals surface area (Å²) in [4.78, 5) is 9.18. The Morgan fingerprint density at radius 1 is 1.19 bits per heavy atom. The summed E-state index contributed by atoms with van der Waals surface area (Å²) in [6.45, 7) is 11.6. The van der Waals surface area contributed by atoms with Crippen LogP contribution in [0.5, 0.6) is 0 Å². The number of aromatic nitrogens is 2. The average Bonchev–Trinajstić information content (AvgIpc) is 2.29. The first-order valence-electron chi connectivity index (χ1n) is 6.19. The Balaban J connectivity index is 3.01. The highest BCUT2D eigenvalue weighted by Crippen LogP contribution is 2.20. The minimum Gasteiger partial charge on any atom is -0.370 e. The van der Waals surface area contributed by atoms with Crippen molar-refractivity contribution >= 4 is 5.82 Å². The van der Waals surface area contributed by atoms with E-state index in [2.05, 4.69) is 49.9 Å². The maximum absolute atomic E-state index is 4.62. The molecule has 3 nitrogen and oxygen atoms in total. The van der Waals surface area contributed by atoms with Crippen LogP contribution >= 0.6 is 0 Å². The van der Waals surface area contributed by atoms with Crippen LogP contribution in [-0.4, -0.2) is 16.5 Å². The standard InChI is InChI=1S/C13H23N3/c1-6-8-14-13-10(4)11(5)15-12(16-13)9(3)7-2/h9H,6-8H2,1-5H3,(H,14,15,16). The van der Waals surface area contributed by atoms with Gasteiger partial charge in [0, 0.05) is 23.7 Å². The van der Waals surface area contributed by atoms with Gasteiger partial charge in [-0.2, -0.15) is 0 Å². The number of nitrogens with zero attached hydrogens (tertiary/aromatic N) is 2. The van der Waals surface area contributed by atoms with E-state index in [0.717, 1.165) is 36.7 Å². The van der Waals surface area contributed by atoms with Crippen LogP contribution in [-0.2, 0) is 0 Å². The summed E-state index contributed by atoms with van der Waals surface area (Å²) in [5, 5.41) is 3.37. The smallest absolute Gasteiger partial charge is 0.133 e. The lowest BCUT2D eigenvalue weighted by Crippen LogP contribution is -2.10. The van der Waals surface area contributed by atoms with E-state index in [9.17, 15) is 0 Å². The monoisotopic (exact) mass is 221 g/mol. The average molecular weight is 221 g/mol. The fourth-order valence-corrected chi connectivity index (χ4v) is 1.47. The molecule has 0 aliphatic heterocycles. The van der Waals surface area contributed by atoms with Gasteiger partial charge in [-0.05, 0) is 26.7 Å². The second-order valence-electron chi connectivity index (χ2n) is 4.38. The summed E-state index contributed by atoms with van der Waals surface area (Å²) in [5.41, 5.74) is 2.25. The predicted octanol–water partition coefficient (Wildman–Crippen LogP) is 3.43. The molecule has 0 bridgehead atoms. The summed E-state index contributed by atoms with van der Waals surface area (Å²) in [6.07, 6.45) is 2.19. The van der Waals surface area contributed by atoms with E-state index in [4.69, 9.17) is 0 Å². The molecular formula is C13H23N3. The third kappa shape index (κ3) is 2.94. The Morgan fingerprint density at radius 2 is 1.88 bits per heavy atom. The van der Waals surface area contributed by atoms with Gasteiger partial charge in [-0.15, -0.1) is 0 Å². The topological polar surface area (TPSA) is 37.8 Å². The number of anilines is 1. The third-order valence-corrected chi connectivity index (χ3v) is 3.00. The number of aryl methyl sites for hydroxylation is 1. The van der Waals surface area contributed by atoms with Crippen LogP contribution < -0.4 is 5.32 Å². The molecule has 0 saturated carbocycles. The molecule has 0 aliphatic rings. The first-order valence-corrected chi connectivity index (χ1v) is 6.19. The molecule has 1 unspecified atom stereocenters. The van der Waals surface area contributed by atoms with Crippen molar-refractivity contribution in [3.05, 3.63) is 17.1 Å². The predicted molar refractivity (Wildman–Crippen MR) is 69.0 cm³/mol. The van der Waals surface area contributed by atoms with Gasteiger partial charge in [0.05, 0.1) is 0 Å². The number of hydrogen-bond donors (Lipinski definition) is 1. The first kappa shape index (κ1) is 12.9. The molecule has 1 N–H and O–H groups in total. The van der Waals surface area contributed by atoms with Gasteiger partial charge in [0.15, 0.2) is 0 Å². The fourth-order valence-electron chi connectivity index (χ4n) is 1.47. The summed E-state index contributed by atoms with van der Waals surface area (Å²) in [5.74, 6) is 2.40. The largest absolute Gasteiger partial charge is 0.370 e. The van der Waals surface area contributed by atoms with Gasteiger partial charge in [0.2, 0.25) is 0 Å². The van der Waals surface area contributed by atoms with E-state index in [1.807, 2.05) is 0 Å². The van der Waals surface area contributed by atoms with E-state index < -0.39 is 0 Å². The molecule has 0 radical (unpaired) electrons. The molecule has 0 fully saturated rings. The summed E-state index contributed by atoms with van der Waals surface area (Å²) in [7, 11) is 0. The van der Waals surface area contributed by atoms with Crippen molar-refractivity contribution in [3.8, 4) is 0 Å². The lowest BCUT2D eigenvalue weighted by molar-refractivity contribution is 0.673. The minimum atomic E-state index is 0.432. The Labute approximate surface area is 98.7 Å². The first-order chi connectivity index (χ1) is 7.60. The molecule has 0 amide bonds. The molecule has 0 aliphatic carbocycles. The van der Waals surface area contributed by atoms with Gasteiger partial charge < -0.3 is 5.32 Å². The van der Waals surface area contributed by atoms with Gasteiger partial charge >= 0.3 is 0 Å². The SMILES string of the molecule is CCCNc1nc(C(C)CC)nc(C)c1C. The zero-order valence-electron chi connectivity index (χ0n) is 11.1. The Kier molecular flexibility index (Phi) is 4.71. The molecule has 0 aromatic carbocycles. The van der Waals surface area contributed by atoms with Gasteiger partial charge in [-0.25, -0.2) is 9.97 Å². The molecule has 1 aromatic rings. The van der Waals surface area contributed by atoms with Crippen LogP contribution in [0.3, 0.4) is 0 Å². The van der Waals surface area contributed by atoms with Gasteiger partial charge in [-0.1, -0.05) is 20.8 Å². The Bertz CT molecular complexity index is 347. The third-order valence-electron chi connectivity index (χ3n) is 3.00. The van der Waals surface area contributed by atoms with E-state index in [0.29, 0.717) is 5.92 Å². The molecule has 0 spiro atoms. The van der Waals surface area contributed by atoms with Crippen LogP contribution in [0.4, 0.5) is 5.82 Å². The van der Waals surface area contributed by atoms with E-state index >= 15 is 0 Å². The van der Waals surface area contributed by atoms with E-state index in [1.165, 1.54) is 5.56 Å². The van der Waals surface area contributed by atoms with Gasteiger partial charge in [0.25, 0.3) is 0 Å². The summed E-state index contributed by atoms with van der Waals surface area (Å²) in [6, 6.07) is 0. The molecule has 3 heteroatoms. The van der Waals surface area contributed by atoms with Crippen molar-refractivity contribution < 1.29 is 0 Å². The molecule has 1 rings (SSSR count). The van der Waals surface area contributed by atoms with Crippen LogP contribution in [0.15, 0.2) is 0 Å². The fraction of sp³-hybridized carbons (Fsp3) is 0.692. The quantitative estimate of drug-likeness (QED) is 0.827. The van der Waals surface area contributed by atoms with Crippen molar-refractivity contribution in [2.75, 3.05) is 11.9 Å². The zero-order chi connectivity index (χ0) is 12.1. The van der Waals surface area contributed by atoms with Crippen molar-refractivity contribution in [2.45, 2.75) is 53.4 Å². The maximum Gasteiger partial charge on any atom is 0.133 e. The Morgan fingerprint density at radius 3 is 2.44 bits per heavy atom. The lowest BCUT2D eigenvalue weighted by Gasteiger charge is -2.14. The number of hydrogen-bond acceptors (Lipinski definition) is 3. The second kappa shape index (κ2) is 5.83. The highest BCUT2D eigenvalue weighted by Gasteiger charge is 2.11. The van der Waals surface area contributed by atoms with Crippen LogP contribution in [0.1, 0.15) is 56.6 Å². The highest BCUT2D eigenvalue weighted by atomic mass is 15.0. The molecule has 0 saturated heterocycles. The highest BCUT2D eigenvalue weighted by molar-refractivity contribution is 5.45. The normalized spacial score (nSPS) is 12.6. The number of nitrogens with one attached hydrogen (secondary N) is 1. The van der Waals surface area contributed by atoms with Crippen molar-refractivity contribution in [1.82, 2.24) is 9.97 Å². The minimum absolute atomic E-state index is 0.432. The summed E-state index contributed by atoms with van der Waals surface area (Å²) >= 11 is 0. The lowest BCUT2D eigenvalue weighted by atomic mass is 10.1. The zero-order valence-corrected chi connectivity index (χ0v) is 11.1. The van der Waals surface area contributed by atoms with Crippen molar-refractivity contribution in [2.24, 2.45) is 0 Å². The van der Waals surface area contributed by atoms with Crippen LogP contribution in [0.25, 0.3) is 0 Å². The van der Waals surface area contributed by atoms with E-state index in [-0.39, 0.29) is 0 Å². The molecule has 16 heavy (non-hydrogen) atoms. The van der Waals surface area contributed by atoms with E-state index in [1.54, 1.807) is 0 Å². The van der Waals surface area contributed by atoms with Gasteiger partial charge in [0.1, 0.15) is 11.6 Å². The molecule has 90 valence electrons. The maximum atomic E-state index is 4.62. The second-order valence-corrected chi connectivity index (χ2v) is 4.38. The van der Waals surface area contributed by atoms with Crippen LogP contribution in [0, 0.1) is 13.8 Å². The molecule has 1 atom stereocenters. The Hall–Kier alpha value is -1.12. The molecular weight excluding hydrogens is 198 g/mol. The van der Waals surface area contributed by atoms with Crippen LogP contribution in [0.2, 0.25) is 0 Å². The van der Waals surface area contributed by atoms with Crippen molar-refractivity contribution in [1.29, 1.82) is 0 Å². The van der Waals surface area contributed by atoms with Crippen molar-refractivity contribution in [3.63, 3.8) is 0 Å². The van der Waals surface area contributed by atoms with Gasteiger partial charge in [-0.3, -0.25) is 0 Å². The molecule has 1 heterocycles. The number of rotatable bonds is 5.